The lowest BCUT2D eigenvalue weighted by Crippen LogP contribution is -2.50. The molecule has 0 rings (SSSR count). The number of hydrogen-bond acceptors (Lipinski definition) is 6. The molecule has 0 aromatic heterocycles. The fourth-order valence-electron chi connectivity index (χ4n) is 5.29. The topological polar surface area (TPSA) is 99.1 Å². The van der Waals surface area contributed by atoms with Crippen molar-refractivity contribution < 1.29 is 38.2 Å². The Kier molecular flexibility index (Phi) is 32.7. The molecule has 0 aliphatic carbocycles. The number of hydrogen-bond donors (Lipinski definition) is 1. The summed E-state index contributed by atoms with van der Waals surface area (Å²) >= 11 is 0. The molecule has 0 aromatic rings. The zero-order valence-electron chi connectivity index (χ0n) is 33.5. The van der Waals surface area contributed by atoms with E-state index in [1.165, 1.54) is 12.8 Å². The van der Waals surface area contributed by atoms with Crippen molar-refractivity contribution in [3.8, 4) is 0 Å². The van der Waals surface area contributed by atoms with E-state index < -0.39 is 18.1 Å². The van der Waals surface area contributed by atoms with E-state index in [2.05, 4.69) is 86.8 Å². The van der Waals surface area contributed by atoms with Crippen LogP contribution >= 0.6 is 0 Å². The fraction of sp³-hybridized carbons (Fsp3) is 0.659. The number of rotatable bonds is 34. The summed E-state index contributed by atoms with van der Waals surface area (Å²) in [5.74, 6) is -1.55. The number of nitrogens with zero attached hydrogens (tertiary/aromatic N) is 1. The molecular formula is C44H74NO7+. The zero-order valence-corrected chi connectivity index (χ0v) is 33.5. The number of esters is 2. The number of carbonyl (C=O) groups is 3. The lowest BCUT2D eigenvalue weighted by molar-refractivity contribution is -0.887. The van der Waals surface area contributed by atoms with E-state index in [9.17, 15) is 19.5 Å². The SMILES string of the molecule is CC/C=C/C/C=C/C/C=C/CCCCCCCCC(=O)OC(COCCC(C(=O)O)[N+](C)(C)C)COC(=O)CCCC/C=C/C/C=C/C/C=C/CC. The number of aliphatic carboxylic acids is 1. The van der Waals surface area contributed by atoms with E-state index in [4.69, 9.17) is 14.2 Å². The molecule has 52 heavy (non-hydrogen) atoms. The number of carbonyl (C=O) groups excluding carboxylic acids is 2. The van der Waals surface area contributed by atoms with Gasteiger partial charge in [-0.2, -0.15) is 0 Å². The number of quaternary nitrogens is 1. The molecular weight excluding hydrogens is 654 g/mol. The molecule has 0 aliphatic heterocycles. The third-order valence-electron chi connectivity index (χ3n) is 8.35. The summed E-state index contributed by atoms with van der Waals surface area (Å²) in [7, 11) is 5.49. The molecule has 0 fully saturated rings. The maximum atomic E-state index is 12.7. The van der Waals surface area contributed by atoms with Crippen LogP contribution in [0.15, 0.2) is 72.9 Å². The van der Waals surface area contributed by atoms with Crippen molar-refractivity contribution in [3.05, 3.63) is 72.9 Å². The number of ether oxygens (including phenoxy) is 3. The molecule has 8 nitrogen and oxygen atoms in total. The van der Waals surface area contributed by atoms with Gasteiger partial charge >= 0.3 is 17.9 Å². The van der Waals surface area contributed by atoms with Crippen molar-refractivity contribution in [1.82, 2.24) is 0 Å². The highest BCUT2D eigenvalue weighted by Gasteiger charge is 2.31. The summed E-state index contributed by atoms with van der Waals surface area (Å²) in [5, 5.41) is 9.59. The van der Waals surface area contributed by atoms with Crippen molar-refractivity contribution in [1.29, 1.82) is 0 Å². The third-order valence-corrected chi connectivity index (χ3v) is 8.35. The molecule has 0 radical (unpaired) electrons. The summed E-state index contributed by atoms with van der Waals surface area (Å²) in [6, 6.07) is -0.625. The molecule has 2 atom stereocenters. The van der Waals surface area contributed by atoms with Gasteiger partial charge in [0.15, 0.2) is 12.1 Å². The predicted molar refractivity (Wildman–Crippen MR) is 215 cm³/mol. The van der Waals surface area contributed by atoms with E-state index in [1.807, 2.05) is 21.1 Å². The van der Waals surface area contributed by atoms with Crippen molar-refractivity contribution in [3.63, 3.8) is 0 Å². The fourth-order valence-corrected chi connectivity index (χ4v) is 5.29. The average molecular weight is 729 g/mol. The van der Waals surface area contributed by atoms with Gasteiger partial charge in [-0.1, -0.05) is 112 Å². The van der Waals surface area contributed by atoms with Gasteiger partial charge in [-0.15, -0.1) is 0 Å². The van der Waals surface area contributed by atoms with Gasteiger partial charge in [0.2, 0.25) is 0 Å². The van der Waals surface area contributed by atoms with Gasteiger partial charge in [-0.05, 0) is 77.0 Å². The lowest BCUT2D eigenvalue weighted by Gasteiger charge is -2.31. The summed E-state index contributed by atoms with van der Waals surface area (Å²) in [6.45, 7) is 4.42. The molecule has 1 N–H and O–H groups in total. The minimum Gasteiger partial charge on any atom is -0.477 e. The second kappa shape index (κ2) is 34.8. The molecule has 0 aliphatic rings. The molecule has 0 saturated heterocycles. The number of unbranched alkanes of at least 4 members (excludes halogenated alkanes) is 8. The van der Waals surface area contributed by atoms with Crippen LogP contribution in [-0.4, -0.2) is 80.6 Å². The van der Waals surface area contributed by atoms with Gasteiger partial charge in [-0.25, -0.2) is 4.79 Å². The summed E-state index contributed by atoms with van der Waals surface area (Å²) in [5.41, 5.74) is 0. The van der Waals surface area contributed by atoms with Crippen LogP contribution in [0.25, 0.3) is 0 Å². The van der Waals surface area contributed by atoms with E-state index in [1.54, 1.807) is 0 Å². The van der Waals surface area contributed by atoms with E-state index >= 15 is 0 Å². The van der Waals surface area contributed by atoms with Gasteiger partial charge in [0, 0.05) is 19.3 Å². The second-order valence-corrected chi connectivity index (χ2v) is 14.1. The first kappa shape index (κ1) is 48.8. The molecule has 0 amide bonds. The van der Waals surface area contributed by atoms with Crippen LogP contribution in [0, 0.1) is 0 Å². The Morgan fingerprint density at radius 1 is 0.577 bits per heavy atom. The highest BCUT2D eigenvalue weighted by molar-refractivity contribution is 5.72. The van der Waals surface area contributed by atoms with Crippen LogP contribution in [0.4, 0.5) is 0 Å². The first-order valence-electron chi connectivity index (χ1n) is 20.0. The smallest absolute Gasteiger partial charge is 0.362 e. The molecule has 0 bridgehead atoms. The van der Waals surface area contributed by atoms with E-state index in [0.717, 1.165) is 89.9 Å². The Hall–Kier alpha value is -3.23. The highest BCUT2D eigenvalue weighted by Crippen LogP contribution is 2.12. The highest BCUT2D eigenvalue weighted by atomic mass is 16.6. The lowest BCUT2D eigenvalue weighted by atomic mass is 10.1. The molecule has 296 valence electrons. The molecule has 0 saturated carbocycles. The number of likely N-dealkylation sites (N-methyl/N-ethyl adjacent to an activating group) is 1. The normalized spacial score (nSPS) is 13.8. The van der Waals surface area contributed by atoms with Crippen LogP contribution in [0.3, 0.4) is 0 Å². The Morgan fingerprint density at radius 2 is 1.02 bits per heavy atom. The number of allylic oxidation sites excluding steroid dienone is 12. The van der Waals surface area contributed by atoms with Crippen LogP contribution in [0.2, 0.25) is 0 Å². The Morgan fingerprint density at radius 3 is 1.54 bits per heavy atom. The first-order valence-corrected chi connectivity index (χ1v) is 20.0. The van der Waals surface area contributed by atoms with Crippen molar-refractivity contribution in [2.24, 2.45) is 0 Å². The number of carboxylic acid groups (broad SMARTS) is 1. The monoisotopic (exact) mass is 729 g/mol. The van der Waals surface area contributed by atoms with Crippen LogP contribution < -0.4 is 0 Å². The molecule has 0 spiro atoms. The quantitative estimate of drug-likeness (QED) is 0.0305. The minimum absolute atomic E-state index is 0.0394. The third kappa shape index (κ3) is 32.7. The summed E-state index contributed by atoms with van der Waals surface area (Å²) < 4.78 is 17.2. The molecule has 2 unspecified atom stereocenters. The largest absolute Gasteiger partial charge is 0.477 e. The molecule has 0 aromatic carbocycles. The van der Waals surface area contributed by atoms with Crippen molar-refractivity contribution in [2.45, 2.75) is 148 Å². The van der Waals surface area contributed by atoms with Crippen LogP contribution in [0.1, 0.15) is 136 Å². The maximum absolute atomic E-state index is 12.7. The standard InChI is InChI=1S/C44H73NO7/c1-6-8-10-12-14-16-18-20-21-22-23-25-27-29-31-33-35-43(47)52-40(38-50-37-36-41(44(48)49)45(3,4)5)39-51-42(46)34-32-30-28-26-24-19-17-15-13-11-9-7-2/h8-11,14-17,20-21,24,26,40-41H,6-7,12-13,18-19,22-23,25,27-39H2,1-5H3/p+1/b10-8+,11-9+,16-14+,17-15+,21-20+,26-24+. The van der Waals surface area contributed by atoms with E-state index in [0.29, 0.717) is 19.3 Å². The van der Waals surface area contributed by atoms with Gasteiger partial charge in [0.25, 0.3) is 0 Å². The van der Waals surface area contributed by atoms with Gasteiger partial charge in [-0.3, -0.25) is 9.59 Å². The van der Waals surface area contributed by atoms with E-state index in [-0.39, 0.29) is 36.2 Å². The minimum atomic E-state index is -0.887. The Bertz CT molecular complexity index is 1080. The maximum Gasteiger partial charge on any atom is 0.362 e. The zero-order chi connectivity index (χ0) is 38.5. The molecule has 0 heterocycles. The van der Waals surface area contributed by atoms with Crippen LogP contribution in [0.5, 0.6) is 0 Å². The van der Waals surface area contributed by atoms with Crippen molar-refractivity contribution in [2.75, 3.05) is 41.0 Å². The van der Waals surface area contributed by atoms with Crippen LogP contribution in [-0.2, 0) is 28.6 Å². The molecule has 8 heteroatoms. The van der Waals surface area contributed by atoms with Gasteiger partial charge in [0.1, 0.15) is 6.61 Å². The Balaban J connectivity index is 4.48. The summed E-state index contributed by atoms with van der Waals surface area (Å²) in [6.07, 6.45) is 42.3. The van der Waals surface area contributed by atoms with Gasteiger partial charge < -0.3 is 23.8 Å². The van der Waals surface area contributed by atoms with Crippen molar-refractivity contribution >= 4 is 17.9 Å². The van der Waals surface area contributed by atoms with Gasteiger partial charge in [0.05, 0.1) is 34.4 Å². The second-order valence-electron chi connectivity index (χ2n) is 14.1. The predicted octanol–water partition coefficient (Wildman–Crippen LogP) is 10.4. The number of carboxylic acids is 1. The Labute approximate surface area is 317 Å². The average Bonchev–Trinajstić information content (AvgIpc) is 3.09. The first-order chi connectivity index (χ1) is 25.1. The summed E-state index contributed by atoms with van der Waals surface area (Å²) in [4.78, 5) is 36.8.